The van der Waals surface area contributed by atoms with Crippen molar-refractivity contribution >= 4 is 16.3 Å². The molecule has 0 aliphatic rings. The number of ether oxygens (including phenoxy) is 1. The molecule has 0 saturated heterocycles. The Labute approximate surface area is 121 Å². The predicted octanol–water partition coefficient (Wildman–Crippen LogP) is 3.56. The van der Waals surface area contributed by atoms with Crippen LogP contribution in [0.4, 0.5) is 0 Å². The highest BCUT2D eigenvalue weighted by Crippen LogP contribution is 2.28. The summed E-state index contributed by atoms with van der Waals surface area (Å²) in [5.41, 5.74) is 3.11. The molecule has 2 aromatic heterocycles. The van der Waals surface area contributed by atoms with Gasteiger partial charge in [-0.3, -0.25) is 0 Å². The number of hydrogen-bond acceptors (Lipinski definition) is 3. The fourth-order valence-corrected chi connectivity index (χ4v) is 2.63. The van der Waals surface area contributed by atoms with Crippen molar-refractivity contribution in [3.8, 4) is 17.0 Å². The molecule has 0 N–H and O–H groups in total. The lowest BCUT2D eigenvalue weighted by Gasteiger charge is -2.08. The number of fused-ring (bicyclic) bond motifs is 3. The van der Waals surface area contributed by atoms with Crippen LogP contribution in [0.15, 0.2) is 60.8 Å². The van der Waals surface area contributed by atoms with E-state index in [4.69, 9.17) is 4.74 Å². The van der Waals surface area contributed by atoms with Gasteiger partial charge in [0.25, 0.3) is 0 Å². The molecule has 21 heavy (non-hydrogen) atoms. The molecular formula is C17H13N3O. The van der Waals surface area contributed by atoms with Gasteiger partial charge in [-0.2, -0.15) is 0 Å². The number of rotatable bonds is 2. The fourth-order valence-electron chi connectivity index (χ4n) is 2.63. The lowest BCUT2D eigenvalue weighted by atomic mass is 10.1. The van der Waals surface area contributed by atoms with Gasteiger partial charge < -0.3 is 4.74 Å². The third-order valence-corrected chi connectivity index (χ3v) is 3.69. The topological polar surface area (TPSA) is 39.4 Å². The quantitative estimate of drug-likeness (QED) is 0.561. The average molecular weight is 275 g/mol. The summed E-state index contributed by atoms with van der Waals surface area (Å²) in [6.45, 7) is 0. The minimum Gasteiger partial charge on any atom is -0.497 e. The third-order valence-electron chi connectivity index (χ3n) is 3.69. The van der Waals surface area contributed by atoms with Gasteiger partial charge in [0, 0.05) is 10.9 Å². The average Bonchev–Trinajstić information content (AvgIpc) is 3.04. The number of benzene rings is 2. The van der Waals surface area contributed by atoms with E-state index in [9.17, 15) is 0 Å². The summed E-state index contributed by atoms with van der Waals surface area (Å²) < 4.78 is 7.09. The van der Waals surface area contributed by atoms with Gasteiger partial charge in [0.1, 0.15) is 5.75 Å². The molecule has 4 heteroatoms. The van der Waals surface area contributed by atoms with E-state index in [2.05, 4.69) is 28.5 Å². The fraction of sp³-hybridized carbons (Fsp3) is 0.0588. The van der Waals surface area contributed by atoms with E-state index < -0.39 is 0 Å². The Bertz CT molecular complexity index is 926. The first kappa shape index (κ1) is 11.9. The molecule has 0 aliphatic heterocycles. The minimum atomic E-state index is 0.842. The second kappa shape index (κ2) is 4.59. The molecule has 0 atom stereocenters. The Morgan fingerprint density at radius 1 is 1.00 bits per heavy atom. The molecule has 0 saturated carbocycles. The monoisotopic (exact) mass is 275 g/mol. The van der Waals surface area contributed by atoms with Crippen LogP contribution in [0.1, 0.15) is 0 Å². The molecule has 0 unspecified atom stereocenters. The van der Waals surface area contributed by atoms with Crippen molar-refractivity contribution in [2.45, 2.75) is 0 Å². The highest BCUT2D eigenvalue weighted by Gasteiger charge is 2.09. The Morgan fingerprint density at radius 2 is 1.81 bits per heavy atom. The van der Waals surface area contributed by atoms with Crippen LogP contribution in [-0.4, -0.2) is 21.9 Å². The molecule has 102 valence electrons. The van der Waals surface area contributed by atoms with Gasteiger partial charge in [0.2, 0.25) is 0 Å². The smallest absolute Gasteiger partial charge is 0.118 e. The van der Waals surface area contributed by atoms with Crippen molar-refractivity contribution in [1.82, 2.24) is 14.8 Å². The zero-order chi connectivity index (χ0) is 14.2. The Hall–Kier alpha value is -2.88. The van der Waals surface area contributed by atoms with Crippen molar-refractivity contribution in [3.05, 3.63) is 60.8 Å². The number of nitrogens with zero attached hydrogens (tertiary/aromatic N) is 3. The van der Waals surface area contributed by atoms with E-state index in [0.717, 1.165) is 27.9 Å². The standard InChI is InChI=1S/C17H13N3O/c1-21-14-8-6-12(7-9-14)16-10-13-4-2-3-5-15(13)17-11-18-19-20(16)17/h2-11H,1H3. The summed E-state index contributed by atoms with van der Waals surface area (Å²) >= 11 is 0. The zero-order valence-corrected chi connectivity index (χ0v) is 11.5. The predicted molar refractivity (Wildman–Crippen MR) is 82.5 cm³/mol. The first-order chi connectivity index (χ1) is 10.4. The summed E-state index contributed by atoms with van der Waals surface area (Å²) in [7, 11) is 1.67. The number of pyridine rings is 1. The maximum Gasteiger partial charge on any atom is 0.118 e. The number of aromatic nitrogens is 3. The molecule has 4 aromatic rings. The van der Waals surface area contributed by atoms with Crippen LogP contribution < -0.4 is 4.74 Å². The van der Waals surface area contributed by atoms with Crippen molar-refractivity contribution in [2.24, 2.45) is 0 Å². The van der Waals surface area contributed by atoms with Crippen LogP contribution in [0.3, 0.4) is 0 Å². The molecule has 0 fully saturated rings. The first-order valence-electron chi connectivity index (χ1n) is 6.73. The second-order valence-corrected chi connectivity index (χ2v) is 4.88. The van der Waals surface area contributed by atoms with Gasteiger partial charge in [-0.15, -0.1) is 5.10 Å². The zero-order valence-electron chi connectivity index (χ0n) is 11.5. The molecule has 2 heterocycles. The summed E-state index contributed by atoms with van der Waals surface area (Å²) in [5, 5.41) is 10.6. The maximum atomic E-state index is 5.21. The van der Waals surface area contributed by atoms with E-state index in [1.165, 1.54) is 5.39 Å². The van der Waals surface area contributed by atoms with Gasteiger partial charge in [-0.25, -0.2) is 4.52 Å². The van der Waals surface area contributed by atoms with Crippen molar-refractivity contribution in [3.63, 3.8) is 0 Å². The van der Waals surface area contributed by atoms with Gasteiger partial charge in [-0.05, 0) is 35.7 Å². The Morgan fingerprint density at radius 3 is 2.62 bits per heavy atom. The van der Waals surface area contributed by atoms with Crippen LogP contribution in [0.5, 0.6) is 5.75 Å². The van der Waals surface area contributed by atoms with E-state index in [-0.39, 0.29) is 0 Å². The lowest BCUT2D eigenvalue weighted by molar-refractivity contribution is 0.415. The Balaban J connectivity index is 2.03. The number of methoxy groups -OCH3 is 1. The van der Waals surface area contributed by atoms with E-state index in [1.807, 2.05) is 40.9 Å². The van der Waals surface area contributed by atoms with E-state index in [0.29, 0.717) is 0 Å². The van der Waals surface area contributed by atoms with Crippen molar-refractivity contribution in [1.29, 1.82) is 0 Å². The maximum absolute atomic E-state index is 5.21. The minimum absolute atomic E-state index is 0.842. The first-order valence-corrected chi connectivity index (χ1v) is 6.73. The molecule has 2 aromatic carbocycles. The van der Waals surface area contributed by atoms with Crippen LogP contribution in [0.2, 0.25) is 0 Å². The van der Waals surface area contributed by atoms with Gasteiger partial charge in [0.15, 0.2) is 0 Å². The third kappa shape index (κ3) is 1.84. The van der Waals surface area contributed by atoms with E-state index >= 15 is 0 Å². The summed E-state index contributed by atoms with van der Waals surface area (Å²) in [5.74, 6) is 0.842. The molecule has 0 radical (unpaired) electrons. The summed E-state index contributed by atoms with van der Waals surface area (Å²) in [6, 6.07) is 18.4. The SMILES string of the molecule is COc1ccc(-c2cc3ccccc3c3cnnn23)cc1. The largest absolute Gasteiger partial charge is 0.497 e. The molecule has 4 rings (SSSR count). The molecule has 4 nitrogen and oxygen atoms in total. The number of hydrogen-bond donors (Lipinski definition) is 0. The molecule has 0 spiro atoms. The second-order valence-electron chi connectivity index (χ2n) is 4.88. The highest BCUT2D eigenvalue weighted by atomic mass is 16.5. The Kier molecular flexibility index (Phi) is 2.60. The van der Waals surface area contributed by atoms with Gasteiger partial charge >= 0.3 is 0 Å². The highest BCUT2D eigenvalue weighted by molar-refractivity contribution is 5.97. The normalized spacial score (nSPS) is 11.1. The van der Waals surface area contributed by atoms with Crippen LogP contribution in [0.25, 0.3) is 27.5 Å². The summed E-state index contributed by atoms with van der Waals surface area (Å²) in [6.07, 6.45) is 1.80. The van der Waals surface area contributed by atoms with Crippen LogP contribution >= 0.6 is 0 Å². The van der Waals surface area contributed by atoms with Gasteiger partial charge in [-0.1, -0.05) is 29.5 Å². The van der Waals surface area contributed by atoms with Crippen molar-refractivity contribution in [2.75, 3.05) is 7.11 Å². The summed E-state index contributed by atoms with van der Waals surface area (Å²) in [4.78, 5) is 0. The van der Waals surface area contributed by atoms with Gasteiger partial charge in [0.05, 0.1) is 24.5 Å². The van der Waals surface area contributed by atoms with Crippen molar-refractivity contribution < 1.29 is 4.74 Å². The molecular weight excluding hydrogens is 262 g/mol. The van der Waals surface area contributed by atoms with Crippen LogP contribution in [0, 0.1) is 0 Å². The molecule has 0 aliphatic carbocycles. The molecule has 0 bridgehead atoms. The molecule has 0 amide bonds. The lowest BCUT2D eigenvalue weighted by Crippen LogP contribution is -1.95. The van der Waals surface area contributed by atoms with Crippen LogP contribution in [-0.2, 0) is 0 Å². The van der Waals surface area contributed by atoms with E-state index in [1.54, 1.807) is 13.3 Å².